The number of quaternary nitrogens is 1. The van der Waals surface area contributed by atoms with Gasteiger partial charge in [0.05, 0.1) is 18.5 Å². The smallest absolute Gasteiger partial charge is 0.312 e. The van der Waals surface area contributed by atoms with Gasteiger partial charge in [0.25, 0.3) is 0 Å². The lowest BCUT2D eigenvalue weighted by atomic mass is 9.82. The van der Waals surface area contributed by atoms with Crippen LogP contribution in [-0.2, 0) is 9.53 Å². The molecule has 0 spiro atoms. The molecule has 0 aromatic carbocycles. The van der Waals surface area contributed by atoms with E-state index in [2.05, 4.69) is 26.1 Å². The third kappa shape index (κ3) is 3.98. The minimum Gasteiger partial charge on any atom is -0.459 e. The first-order chi connectivity index (χ1) is 8.29. The monoisotopic (exact) mass is 256 g/mol. The van der Waals surface area contributed by atoms with Gasteiger partial charge >= 0.3 is 5.97 Å². The number of rotatable bonds is 5. The van der Waals surface area contributed by atoms with Crippen molar-refractivity contribution >= 4 is 5.97 Å². The van der Waals surface area contributed by atoms with Crippen LogP contribution in [0.25, 0.3) is 0 Å². The maximum atomic E-state index is 12.3. The molecule has 1 heterocycles. The summed E-state index contributed by atoms with van der Waals surface area (Å²) in [5, 5.41) is 2.34. The van der Waals surface area contributed by atoms with Crippen molar-refractivity contribution in [3.63, 3.8) is 0 Å². The van der Waals surface area contributed by atoms with E-state index >= 15 is 0 Å². The van der Waals surface area contributed by atoms with Crippen LogP contribution in [0.3, 0.4) is 0 Å². The zero-order valence-electron chi connectivity index (χ0n) is 12.7. The molecule has 1 aliphatic rings. The Kier molecular flexibility index (Phi) is 5.20. The quantitative estimate of drug-likeness (QED) is 0.766. The maximum absolute atomic E-state index is 12.3. The van der Waals surface area contributed by atoms with Crippen molar-refractivity contribution in [3.05, 3.63) is 0 Å². The van der Waals surface area contributed by atoms with Gasteiger partial charge in [0.15, 0.2) is 0 Å². The summed E-state index contributed by atoms with van der Waals surface area (Å²) < 4.78 is 5.84. The summed E-state index contributed by atoms with van der Waals surface area (Å²) in [5.74, 6) is 0.466. The number of carbonyl (C=O) groups is 1. The molecule has 2 N–H and O–H groups in total. The number of esters is 1. The molecule has 0 saturated carbocycles. The van der Waals surface area contributed by atoms with Crippen molar-refractivity contribution < 1.29 is 14.8 Å². The van der Waals surface area contributed by atoms with Crippen molar-refractivity contribution in [2.45, 2.75) is 65.9 Å². The van der Waals surface area contributed by atoms with Gasteiger partial charge in [-0.15, -0.1) is 0 Å². The van der Waals surface area contributed by atoms with E-state index in [9.17, 15) is 4.79 Å². The van der Waals surface area contributed by atoms with E-state index in [1.54, 1.807) is 0 Å². The summed E-state index contributed by atoms with van der Waals surface area (Å²) >= 11 is 0. The fraction of sp³-hybridized carbons (Fsp3) is 0.933. The van der Waals surface area contributed by atoms with Gasteiger partial charge in [-0.2, -0.15) is 0 Å². The average molecular weight is 256 g/mol. The Hall–Kier alpha value is -0.570. The first-order valence-electron chi connectivity index (χ1n) is 7.34. The molecule has 3 nitrogen and oxygen atoms in total. The summed E-state index contributed by atoms with van der Waals surface area (Å²) in [7, 11) is 0. The van der Waals surface area contributed by atoms with Gasteiger partial charge in [-0.3, -0.25) is 4.79 Å². The van der Waals surface area contributed by atoms with E-state index in [0.717, 1.165) is 38.8 Å². The third-order valence-electron chi connectivity index (χ3n) is 4.21. The summed E-state index contributed by atoms with van der Waals surface area (Å²) in [6.45, 7) is 12.5. The van der Waals surface area contributed by atoms with Crippen LogP contribution in [0.2, 0.25) is 0 Å². The fourth-order valence-electron chi connectivity index (χ4n) is 2.81. The number of hydrogen-bond donors (Lipinski definition) is 1. The number of nitrogens with two attached hydrogens (primary N) is 1. The third-order valence-corrected chi connectivity index (χ3v) is 4.21. The van der Waals surface area contributed by atoms with Crippen LogP contribution in [0.15, 0.2) is 0 Å². The second-order valence-electron chi connectivity index (χ2n) is 6.77. The highest BCUT2D eigenvalue weighted by atomic mass is 16.6. The molecule has 18 heavy (non-hydrogen) atoms. The fourth-order valence-corrected chi connectivity index (χ4v) is 2.81. The van der Waals surface area contributed by atoms with Crippen molar-refractivity contribution in [2.75, 3.05) is 13.1 Å². The molecule has 0 bridgehead atoms. The first kappa shape index (κ1) is 15.5. The molecule has 0 radical (unpaired) electrons. The number of hydrogen-bond acceptors (Lipinski definition) is 2. The van der Waals surface area contributed by atoms with Gasteiger partial charge < -0.3 is 10.1 Å². The zero-order valence-corrected chi connectivity index (χ0v) is 12.7. The Bertz CT molecular complexity index is 278. The van der Waals surface area contributed by atoms with E-state index in [0.29, 0.717) is 5.92 Å². The first-order valence-corrected chi connectivity index (χ1v) is 7.34. The lowest BCUT2D eigenvalue weighted by Crippen LogP contribution is -2.86. The molecule has 0 atom stereocenters. The van der Waals surface area contributed by atoms with Gasteiger partial charge in [0, 0.05) is 18.8 Å². The minimum atomic E-state index is -0.354. The Morgan fingerprint density at radius 2 is 1.78 bits per heavy atom. The van der Waals surface area contributed by atoms with Crippen LogP contribution in [0.1, 0.15) is 60.3 Å². The highest BCUT2D eigenvalue weighted by molar-refractivity contribution is 5.76. The molecule has 0 aromatic heterocycles. The van der Waals surface area contributed by atoms with E-state index in [4.69, 9.17) is 4.74 Å². The van der Waals surface area contributed by atoms with E-state index in [-0.39, 0.29) is 17.0 Å². The molecule has 0 aliphatic carbocycles. The topological polar surface area (TPSA) is 42.9 Å². The van der Waals surface area contributed by atoms with Crippen molar-refractivity contribution in [1.29, 1.82) is 0 Å². The van der Waals surface area contributed by atoms with Crippen molar-refractivity contribution in [2.24, 2.45) is 11.3 Å². The molecule has 3 heteroatoms. The predicted octanol–water partition coefficient (Wildman–Crippen LogP) is 2.11. The standard InChI is InChI=1S/C15H29NO2/c1-6-9-14(2,3)13(17)18-15(4,5)12-7-10-16-11-8-12/h12,16H,6-11H2,1-5H3/p+1. The van der Waals surface area contributed by atoms with Gasteiger partial charge in [-0.1, -0.05) is 13.3 Å². The summed E-state index contributed by atoms with van der Waals surface area (Å²) in [6.07, 6.45) is 4.20. The Labute approximate surface area is 112 Å². The van der Waals surface area contributed by atoms with Crippen LogP contribution in [-0.4, -0.2) is 24.7 Å². The highest BCUT2D eigenvalue weighted by Gasteiger charge is 2.39. The molecule has 1 saturated heterocycles. The van der Waals surface area contributed by atoms with E-state index < -0.39 is 0 Å². The van der Waals surface area contributed by atoms with Crippen molar-refractivity contribution in [3.8, 4) is 0 Å². The van der Waals surface area contributed by atoms with Gasteiger partial charge in [0.1, 0.15) is 5.60 Å². The molecule has 0 amide bonds. The SMILES string of the molecule is CCCC(C)(C)C(=O)OC(C)(C)C1CC[NH2+]CC1. The molecule has 1 aliphatic heterocycles. The molecular formula is C15H30NO2+. The normalized spacial score (nSPS) is 18.7. The molecule has 106 valence electrons. The summed E-state index contributed by atoms with van der Waals surface area (Å²) in [4.78, 5) is 12.3. The van der Waals surface area contributed by atoms with Gasteiger partial charge in [0.2, 0.25) is 0 Å². The molecule has 1 rings (SSSR count). The second kappa shape index (κ2) is 6.05. The zero-order chi connectivity index (χ0) is 13.8. The lowest BCUT2D eigenvalue weighted by Gasteiger charge is -2.37. The Morgan fingerprint density at radius 1 is 1.22 bits per heavy atom. The van der Waals surface area contributed by atoms with Gasteiger partial charge in [-0.05, 0) is 34.1 Å². The maximum Gasteiger partial charge on any atom is 0.312 e. The molecular weight excluding hydrogens is 226 g/mol. The Balaban J connectivity index is 2.61. The molecule has 1 fully saturated rings. The number of carbonyl (C=O) groups excluding carboxylic acids is 1. The van der Waals surface area contributed by atoms with Crippen LogP contribution in [0.5, 0.6) is 0 Å². The Morgan fingerprint density at radius 3 is 2.28 bits per heavy atom. The number of ether oxygens (including phenoxy) is 1. The summed E-state index contributed by atoms with van der Waals surface area (Å²) in [6, 6.07) is 0. The largest absolute Gasteiger partial charge is 0.459 e. The van der Waals surface area contributed by atoms with Crippen molar-refractivity contribution in [1.82, 2.24) is 0 Å². The van der Waals surface area contributed by atoms with Gasteiger partial charge in [-0.25, -0.2) is 0 Å². The average Bonchev–Trinajstić information content (AvgIpc) is 2.29. The van der Waals surface area contributed by atoms with E-state index in [1.807, 2.05) is 13.8 Å². The highest BCUT2D eigenvalue weighted by Crippen LogP contribution is 2.32. The van der Waals surface area contributed by atoms with Crippen LogP contribution in [0.4, 0.5) is 0 Å². The lowest BCUT2D eigenvalue weighted by molar-refractivity contribution is -0.665. The predicted molar refractivity (Wildman–Crippen MR) is 73.2 cm³/mol. The number of piperidine rings is 1. The molecule has 0 aromatic rings. The summed E-state index contributed by atoms with van der Waals surface area (Å²) in [5.41, 5.74) is -0.677. The van der Waals surface area contributed by atoms with Crippen LogP contribution in [0, 0.1) is 11.3 Å². The second-order valence-corrected chi connectivity index (χ2v) is 6.77. The molecule has 0 unspecified atom stereocenters. The van der Waals surface area contributed by atoms with Crippen LogP contribution >= 0.6 is 0 Å². The van der Waals surface area contributed by atoms with E-state index in [1.165, 1.54) is 0 Å². The van der Waals surface area contributed by atoms with Crippen LogP contribution < -0.4 is 5.32 Å². The minimum absolute atomic E-state index is 0.0381.